The van der Waals surface area contributed by atoms with Gasteiger partial charge in [0, 0.05) is 19.4 Å². The standard InChI is InChI=1S/C24H20N6/c1-16-14-21(30-20-11-7-6-10-19(20)27-23(30)18(16)15-25)28-22(17-8-4-3-5-9-17)24-26-12-13-29(24)2/h3-14,22,28H,1-2H3/t22-/m0/s1. The molecule has 0 aliphatic heterocycles. The fraction of sp³-hybridized carbons (Fsp3) is 0.125. The summed E-state index contributed by atoms with van der Waals surface area (Å²) in [6.45, 7) is 1.95. The number of aryl methyl sites for hydroxylation is 2. The van der Waals surface area contributed by atoms with E-state index in [1.807, 2.05) is 77.7 Å². The second-order valence-electron chi connectivity index (χ2n) is 7.34. The summed E-state index contributed by atoms with van der Waals surface area (Å²) in [5.41, 5.74) is 5.05. The molecule has 0 unspecified atom stereocenters. The SMILES string of the molecule is Cc1cc(N[C@@H](c2ccccc2)c2nccn2C)n2c(nc3ccccc32)c1C#N. The van der Waals surface area contributed by atoms with Crippen molar-refractivity contribution in [1.82, 2.24) is 18.9 Å². The van der Waals surface area contributed by atoms with Crippen LogP contribution in [0.5, 0.6) is 0 Å². The smallest absolute Gasteiger partial charge is 0.157 e. The van der Waals surface area contributed by atoms with Crippen LogP contribution in [-0.2, 0) is 7.05 Å². The van der Waals surface area contributed by atoms with E-state index in [9.17, 15) is 5.26 Å². The van der Waals surface area contributed by atoms with Crippen molar-refractivity contribution in [3.05, 3.63) is 95.6 Å². The summed E-state index contributed by atoms with van der Waals surface area (Å²) in [4.78, 5) is 9.35. The Morgan fingerprint density at radius 1 is 1.07 bits per heavy atom. The number of fused-ring (bicyclic) bond motifs is 3. The van der Waals surface area contributed by atoms with Gasteiger partial charge >= 0.3 is 0 Å². The number of nitriles is 1. The second kappa shape index (κ2) is 7.05. The van der Waals surface area contributed by atoms with Gasteiger partial charge in [0.25, 0.3) is 0 Å². The fourth-order valence-corrected chi connectivity index (χ4v) is 3.95. The molecule has 5 aromatic rings. The highest BCUT2D eigenvalue weighted by molar-refractivity contribution is 5.85. The van der Waals surface area contributed by atoms with Gasteiger partial charge in [-0.05, 0) is 36.2 Å². The number of pyridine rings is 1. The molecule has 0 fully saturated rings. The van der Waals surface area contributed by atoms with Crippen molar-refractivity contribution < 1.29 is 0 Å². The van der Waals surface area contributed by atoms with E-state index in [4.69, 9.17) is 4.98 Å². The Bertz CT molecular complexity index is 1400. The number of hydrogen-bond acceptors (Lipinski definition) is 4. The molecule has 5 rings (SSSR count). The van der Waals surface area contributed by atoms with E-state index in [-0.39, 0.29) is 6.04 Å². The molecule has 0 saturated carbocycles. The first-order valence-electron chi connectivity index (χ1n) is 9.77. The lowest BCUT2D eigenvalue weighted by molar-refractivity contribution is 0.744. The highest BCUT2D eigenvalue weighted by Crippen LogP contribution is 2.31. The minimum absolute atomic E-state index is 0.164. The Morgan fingerprint density at radius 2 is 1.83 bits per heavy atom. The summed E-state index contributed by atoms with van der Waals surface area (Å²) in [5.74, 6) is 1.77. The summed E-state index contributed by atoms with van der Waals surface area (Å²) >= 11 is 0. The predicted octanol–water partition coefficient (Wildman–Crippen LogP) is 4.60. The summed E-state index contributed by atoms with van der Waals surface area (Å²) in [7, 11) is 1.99. The third kappa shape index (κ3) is 2.80. The van der Waals surface area contributed by atoms with E-state index in [0.717, 1.165) is 33.8 Å². The topological polar surface area (TPSA) is 70.9 Å². The molecule has 2 aromatic carbocycles. The lowest BCUT2D eigenvalue weighted by Gasteiger charge is -2.22. The van der Waals surface area contributed by atoms with Gasteiger partial charge in [0.15, 0.2) is 5.65 Å². The van der Waals surface area contributed by atoms with Crippen molar-refractivity contribution in [1.29, 1.82) is 5.26 Å². The molecule has 0 saturated heterocycles. The van der Waals surface area contributed by atoms with Crippen LogP contribution in [0.1, 0.15) is 28.6 Å². The van der Waals surface area contributed by atoms with E-state index in [2.05, 4.69) is 28.5 Å². The lowest BCUT2D eigenvalue weighted by atomic mass is 10.1. The zero-order valence-corrected chi connectivity index (χ0v) is 16.7. The van der Waals surface area contributed by atoms with Crippen LogP contribution in [0.4, 0.5) is 5.82 Å². The van der Waals surface area contributed by atoms with E-state index in [1.165, 1.54) is 0 Å². The van der Waals surface area contributed by atoms with Crippen molar-refractivity contribution in [3.8, 4) is 6.07 Å². The second-order valence-corrected chi connectivity index (χ2v) is 7.34. The third-order valence-corrected chi connectivity index (χ3v) is 5.43. The summed E-state index contributed by atoms with van der Waals surface area (Å²) < 4.78 is 4.05. The number of benzene rings is 2. The fourth-order valence-electron chi connectivity index (χ4n) is 3.95. The van der Waals surface area contributed by atoms with Gasteiger partial charge in [0.1, 0.15) is 23.8 Å². The number of aromatic nitrogens is 4. The average molecular weight is 392 g/mol. The quantitative estimate of drug-likeness (QED) is 0.485. The first-order chi connectivity index (χ1) is 14.7. The number of nitrogens with one attached hydrogen (secondary N) is 1. The minimum atomic E-state index is -0.164. The molecule has 6 heteroatoms. The minimum Gasteiger partial charge on any atom is -0.357 e. The maximum Gasteiger partial charge on any atom is 0.157 e. The summed E-state index contributed by atoms with van der Waals surface area (Å²) in [6, 6.07) is 22.3. The predicted molar refractivity (Wildman–Crippen MR) is 117 cm³/mol. The molecular weight excluding hydrogens is 372 g/mol. The van der Waals surface area contributed by atoms with Crippen LogP contribution in [0.15, 0.2) is 73.1 Å². The van der Waals surface area contributed by atoms with Crippen LogP contribution in [0.3, 0.4) is 0 Å². The Balaban J connectivity index is 1.76. The Kier molecular flexibility index (Phi) is 4.22. The molecule has 1 N–H and O–H groups in total. The molecule has 3 aromatic heterocycles. The van der Waals surface area contributed by atoms with E-state index in [1.54, 1.807) is 6.20 Å². The van der Waals surface area contributed by atoms with E-state index < -0.39 is 0 Å². The first-order valence-corrected chi connectivity index (χ1v) is 9.77. The van der Waals surface area contributed by atoms with Gasteiger partial charge in [0.05, 0.1) is 16.6 Å². The van der Waals surface area contributed by atoms with Crippen molar-refractivity contribution in [2.75, 3.05) is 5.32 Å². The van der Waals surface area contributed by atoms with Gasteiger partial charge in [-0.1, -0.05) is 42.5 Å². The Labute approximate surface area is 174 Å². The van der Waals surface area contributed by atoms with Gasteiger partial charge in [-0.25, -0.2) is 9.97 Å². The number of nitrogens with zero attached hydrogens (tertiary/aromatic N) is 5. The van der Waals surface area contributed by atoms with Crippen molar-refractivity contribution >= 4 is 22.5 Å². The van der Waals surface area contributed by atoms with Gasteiger partial charge < -0.3 is 9.88 Å². The Morgan fingerprint density at radius 3 is 2.57 bits per heavy atom. The van der Waals surface area contributed by atoms with Crippen LogP contribution < -0.4 is 5.32 Å². The van der Waals surface area contributed by atoms with E-state index >= 15 is 0 Å². The lowest BCUT2D eigenvalue weighted by Crippen LogP contribution is -2.18. The molecule has 0 amide bonds. The molecular formula is C24H20N6. The molecule has 0 aliphatic rings. The molecule has 146 valence electrons. The Hall–Kier alpha value is -4.11. The zero-order chi connectivity index (χ0) is 20.7. The van der Waals surface area contributed by atoms with Crippen LogP contribution in [0.25, 0.3) is 16.7 Å². The normalized spacial score (nSPS) is 12.2. The van der Waals surface area contributed by atoms with Crippen molar-refractivity contribution in [2.24, 2.45) is 7.05 Å². The van der Waals surface area contributed by atoms with Gasteiger partial charge in [-0.2, -0.15) is 5.26 Å². The first kappa shape index (κ1) is 18.0. The molecule has 0 bridgehead atoms. The average Bonchev–Trinajstić information content (AvgIpc) is 3.36. The van der Waals surface area contributed by atoms with Crippen LogP contribution in [-0.4, -0.2) is 18.9 Å². The van der Waals surface area contributed by atoms with E-state index in [0.29, 0.717) is 11.2 Å². The largest absolute Gasteiger partial charge is 0.357 e. The molecule has 0 spiro atoms. The molecule has 0 radical (unpaired) electrons. The van der Waals surface area contributed by atoms with Crippen LogP contribution >= 0.6 is 0 Å². The van der Waals surface area contributed by atoms with Crippen LogP contribution in [0.2, 0.25) is 0 Å². The van der Waals surface area contributed by atoms with Gasteiger partial charge in [0.2, 0.25) is 0 Å². The molecule has 0 aliphatic carbocycles. The molecule has 1 atom stereocenters. The van der Waals surface area contributed by atoms with Gasteiger partial charge in [-0.3, -0.25) is 4.40 Å². The summed E-state index contributed by atoms with van der Waals surface area (Å²) in [6.07, 6.45) is 3.75. The highest BCUT2D eigenvalue weighted by Gasteiger charge is 2.22. The molecule has 30 heavy (non-hydrogen) atoms. The maximum absolute atomic E-state index is 9.74. The molecule has 6 nitrogen and oxygen atoms in total. The number of imidazole rings is 2. The maximum atomic E-state index is 9.74. The highest BCUT2D eigenvalue weighted by atomic mass is 15.2. The summed E-state index contributed by atoms with van der Waals surface area (Å²) in [5, 5.41) is 13.4. The number of para-hydroxylation sites is 2. The van der Waals surface area contributed by atoms with Crippen LogP contribution in [0, 0.1) is 18.3 Å². The monoisotopic (exact) mass is 392 g/mol. The number of rotatable bonds is 4. The number of hydrogen-bond donors (Lipinski definition) is 1. The third-order valence-electron chi connectivity index (χ3n) is 5.43. The zero-order valence-electron chi connectivity index (χ0n) is 16.7. The number of anilines is 1. The molecule has 3 heterocycles. The van der Waals surface area contributed by atoms with Crippen molar-refractivity contribution in [3.63, 3.8) is 0 Å². The van der Waals surface area contributed by atoms with Crippen molar-refractivity contribution in [2.45, 2.75) is 13.0 Å². The van der Waals surface area contributed by atoms with Gasteiger partial charge in [-0.15, -0.1) is 0 Å².